The first-order chi connectivity index (χ1) is 17.9. The number of aromatic nitrogens is 2. The molecule has 0 spiro atoms. The number of amides is 1. The summed E-state index contributed by atoms with van der Waals surface area (Å²) in [5, 5.41) is 11.1. The maximum atomic E-state index is 13.6. The number of hydrogen-bond donors (Lipinski definition) is 2. The number of benzene rings is 3. The quantitative estimate of drug-likeness (QED) is 0.380. The van der Waals surface area contributed by atoms with E-state index in [1.807, 2.05) is 18.2 Å². The van der Waals surface area contributed by atoms with Crippen molar-refractivity contribution in [3.05, 3.63) is 108 Å². The highest BCUT2D eigenvalue weighted by Gasteiger charge is 2.36. The van der Waals surface area contributed by atoms with Gasteiger partial charge >= 0.3 is 0 Å². The van der Waals surface area contributed by atoms with E-state index < -0.39 is 6.23 Å². The first kappa shape index (κ1) is 22.9. The van der Waals surface area contributed by atoms with E-state index in [1.54, 1.807) is 40.0 Å². The minimum atomic E-state index is -0.671. The fourth-order valence-corrected chi connectivity index (χ4v) is 4.64. The monoisotopic (exact) mass is 499 g/mol. The molecule has 0 radical (unpaired) electrons. The van der Waals surface area contributed by atoms with Crippen molar-refractivity contribution in [2.24, 2.45) is 0 Å². The predicted molar refractivity (Wildman–Crippen MR) is 136 cm³/mol. The Morgan fingerprint density at radius 1 is 0.973 bits per heavy atom. The van der Waals surface area contributed by atoms with Gasteiger partial charge in [0, 0.05) is 23.9 Å². The molecule has 4 aromatic rings. The lowest BCUT2D eigenvalue weighted by atomic mass is 10.1. The number of nitrogens with zero attached hydrogens (tertiary/aromatic N) is 3. The number of carbonyl (C=O) groups is 1. The van der Waals surface area contributed by atoms with Crippen LogP contribution in [-0.4, -0.2) is 33.7 Å². The van der Waals surface area contributed by atoms with Gasteiger partial charge in [-0.05, 0) is 72.6 Å². The molecule has 0 saturated carbocycles. The molecular formula is C28H23F2N5O2. The van der Waals surface area contributed by atoms with Crippen molar-refractivity contribution in [2.45, 2.75) is 12.6 Å². The predicted octanol–water partition coefficient (Wildman–Crippen LogP) is 5.23. The van der Waals surface area contributed by atoms with E-state index in [-0.39, 0.29) is 24.1 Å². The molecule has 0 bridgehead atoms. The van der Waals surface area contributed by atoms with E-state index in [0.717, 1.165) is 22.8 Å². The summed E-state index contributed by atoms with van der Waals surface area (Å²) >= 11 is 0. The molecule has 7 nitrogen and oxygen atoms in total. The highest BCUT2D eigenvalue weighted by atomic mass is 19.1. The molecule has 3 heterocycles. The van der Waals surface area contributed by atoms with Gasteiger partial charge in [-0.2, -0.15) is 5.10 Å². The van der Waals surface area contributed by atoms with Crippen LogP contribution in [0, 0.1) is 11.6 Å². The summed E-state index contributed by atoms with van der Waals surface area (Å²) in [6.07, 6.45) is 1.72. The van der Waals surface area contributed by atoms with Crippen molar-refractivity contribution in [1.29, 1.82) is 0 Å². The van der Waals surface area contributed by atoms with Crippen molar-refractivity contribution in [1.82, 2.24) is 14.7 Å². The lowest BCUT2D eigenvalue weighted by Gasteiger charge is -2.23. The second kappa shape index (κ2) is 9.18. The molecule has 186 valence electrons. The van der Waals surface area contributed by atoms with Crippen LogP contribution in [0.3, 0.4) is 0 Å². The topological polar surface area (TPSA) is 71.4 Å². The van der Waals surface area contributed by atoms with Gasteiger partial charge in [-0.3, -0.25) is 4.79 Å². The zero-order valence-electron chi connectivity index (χ0n) is 19.7. The van der Waals surface area contributed by atoms with Gasteiger partial charge in [-0.15, -0.1) is 0 Å². The van der Waals surface area contributed by atoms with Crippen molar-refractivity contribution in [3.8, 4) is 16.9 Å². The molecule has 0 aliphatic carbocycles. The Morgan fingerprint density at radius 2 is 1.68 bits per heavy atom. The van der Waals surface area contributed by atoms with Gasteiger partial charge in [-0.1, -0.05) is 12.6 Å². The molecule has 3 aromatic carbocycles. The number of anilines is 2. The number of ether oxygens (including phenoxy) is 1. The fraction of sp³-hybridized carbons (Fsp3) is 0.143. The Morgan fingerprint density at radius 3 is 2.43 bits per heavy atom. The summed E-state index contributed by atoms with van der Waals surface area (Å²) in [5.74, 6) is -0.117. The molecular weight excluding hydrogens is 476 g/mol. The zero-order chi connectivity index (χ0) is 25.5. The second-order valence-corrected chi connectivity index (χ2v) is 8.97. The molecule has 2 N–H and O–H groups in total. The lowest BCUT2D eigenvalue weighted by Crippen LogP contribution is -2.30. The molecule has 6 rings (SSSR count). The standard InChI is InChI=1S/C28H23F2N5O2/c1-17-31-24-11-2-18(14-25(24)32-17)12-13-34-26(36)16-37-28(34)23-15-35(22-9-7-21(30)8-10-22)33-27(23)19-3-5-20(29)6-4-19/h2-11,14-15,28,31-32H,1,12-13,16H2. The smallest absolute Gasteiger partial charge is 0.250 e. The van der Waals surface area contributed by atoms with Crippen molar-refractivity contribution in [3.63, 3.8) is 0 Å². The van der Waals surface area contributed by atoms with Gasteiger partial charge < -0.3 is 20.3 Å². The Labute approximate surface area is 212 Å². The molecule has 37 heavy (non-hydrogen) atoms. The molecule has 1 saturated heterocycles. The van der Waals surface area contributed by atoms with Gasteiger partial charge in [0.1, 0.15) is 29.8 Å². The Balaban J connectivity index is 1.32. The minimum Gasteiger partial charge on any atom is -0.344 e. The largest absolute Gasteiger partial charge is 0.344 e. The summed E-state index contributed by atoms with van der Waals surface area (Å²) < 4.78 is 34.7. The van der Waals surface area contributed by atoms with Crippen LogP contribution < -0.4 is 10.6 Å². The summed E-state index contributed by atoms with van der Waals surface area (Å²) in [5.41, 5.74) is 5.51. The number of rotatable bonds is 6. The Bertz CT molecular complexity index is 1500. The van der Waals surface area contributed by atoms with Gasteiger partial charge in [0.15, 0.2) is 6.23 Å². The van der Waals surface area contributed by atoms with Crippen LogP contribution in [0.5, 0.6) is 0 Å². The fourth-order valence-electron chi connectivity index (χ4n) is 4.64. The molecule has 1 aromatic heterocycles. The third-order valence-corrected chi connectivity index (χ3v) is 6.48. The number of halogens is 2. The second-order valence-electron chi connectivity index (χ2n) is 8.97. The number of fused-ring (bicyclic) bond motifs is 1. The molecule has 2 aliphatic heterocycles. The molecule has 9 heteroatoms. The van der Waals surface area contributed by atoms with Crippen molar-refractivity contribution in [2.75, 3.05) is 23.8 Å². The van der Waals surface area contributed by atoms with Crippen LogP contribution in [0.1, 0.15) is 17.4 Å². The summed E-state index contributed by atoms with van der Waals surface area (Å²) in [6, 6.07) is 18.0. The summed E-state index contributed by atoms with van der Waals surface area (Å²) in [6.45, 7) is 4.27. The van der Waals surface area contributed by atoms with Crippen LogP contribution >= 0.6 is 0 Å². The highest BCUT2D eigenvalue weighted by molar-refractivity contribution is 5.81. The first-order valence-corrected chi connectivity index (χ1v) is 11.8. The van der Waals surface area contributed by atoms with E-state index in [4.69, 9.17) is 9.84 Å². The van der Waals surface area contributed by atoms with E-state index >= 15 is 0 Å². The van der Waals surface area contributed by atoms with E-state index in [1.165, 1.54) is 24.3 Å². The van der Waals surface area contributed by atoms with Crippen molar-refractivity contribution < 1.29 is 18.3 Å². The van der Waals surface area contributed by atoms with Gasteiger partial charge in [0.25, 0.3) is 5.91 Å². The Hall–Kier alpha value is -4.50. The minimum absolute atomic E-state index is 0.0509. The lowest BCUT2D eigenvalue weighted by molar-refractivity contribution is -0.128. The third kappa shape index (κ3) is 4.45. The maximum absolute atomic E-state index is 13.6. The van der Waals surface area contributed by atoms with Crippen LogP contribution in [0.25, 0.3) is 16.9 Å². The average molecular weight is 500 g/mol. The zero-order valence-corrected chi connectivity index (χ0v) is 19.7. The summed E-state index contributed by atoms with van der Waals surface area (Å²) in [7, 11) is 0. The number of nitrogens with one attached hydrogen (secondary N) is 2. The average Bonchev–Trinajstić information content (AvgIpc) is 3.59. The van der Waals surface area contributed by atoms with Gasteiger partial charge in [0.2, 0.25) is 0 Å². The third-order valence-electron chi connectivity index (χ3n) is 6.48. The van der Waals surface area contributed by atoms with Crippen LogP contribution in [-0.2, 0) is 16.0 Å². The molecule has 1 atom stereocenters. The molecule has 1 amide bonds. The van der Waals surface area contributed by atoms with E-state index in [0.29, 0.717) is 35.5 Å². The number of carbonyl (C=O) groups excluding carboxylic acids is 1. The molecule has 1 unspecified atom stereocenters. The Kier molecular flexibility index (Phi) is 5.69. The molecule has 1 fully saturated rings. The van der Waals surface area contributed by atoms with Gasteiger partial charge in [-0.25, -0.2) is 13.5 Å². The highest BCUT2D eigenvalue weighted by Crippen LogP contribution is 2.36. The number of hydrogen-bond acceptors (Lipinski definition) is 5. The van der Waals surface area contributed by atoms with Crippen molar-refractivity contribution >= 4 is 17.3 Å². The normalized spacial score (nSPS) is 16.6. The van der Waals surface area contributed by atoms with Gasteiger partial charge in [0.05, 0.1) is 17.1 Å². The van der Waals surface area contributed by atoms with Crippen LogP contribution in [0.15, 0.2) is 85.3 Å². The van der Waals surface area contributed by atoms with E-state index in [9.17, 15) is 13.6 Å². The SMILES string of the molecule is C=C1Nc2ccc(CCN3C(=O)COC3c3cn(-c4ccc(F)cc4)nc3-c3ccc(F)cc3)cc2N1. The van der Waals surface area contributed by atoms with Crippen LogP contribution in [0.2, 0.25) is 0 Å². The van der Waals surface area contributed by atoms with Crippen LogP contribution in [0.4, 0.5) is 20.2 Å². The first-order valence-electron chi connectivity index (χ1n) is 11.8. The summed E-state index contributed by atoms with van der Waals surface area (Å²) in [4.78, 5) is 14.6. The molecule has 2 aliphatic rings. The maximum Gasteiger partial charge on any atom is 0.250 e. The van der Waals surface area contributed by atoms with E-state index in [2.05, 4.69) is 17.2 Å².